The Kier molecular flexibility index (Phi) is 7.30. The summed E-state index contributed by atoms with van der Waals surface area (Å²) in [5.74, 6) is -0.574. The van der Waals surface area contributed by atoms with E-state index in [4.69, 9.17) is 0 Å². The fourth-order valence-electron chi connectivity index (χ4n) is 2.56. The molecule has 2 aromatic rings. The molecule has 8 nitrogen and oxygen atoms in total. The minimum absolute atomic E-state index is 0.0668. The molecule has 3 N–H and O–H groups in total. The number of anilines is 2. The Bertz CT molecular complexity index is 909. The summed E-state index contributed by atoms with van der Waals surface area (Å²) in [6, 6.07) is 11.5. The highest BCUT2D eigenvalue weighted by Gasteiger charge is 2.18. The first-order valence-corrected chi connectivity index (χ1v) is 9.40. The molecule has 2 aromatic carbocycles. The van der Waals surface area contributed by atoms with E-state index in [1.807, 2.05) is 39.8 Å². The van der Waals surface area contributed by atoms with Crippen molar-refractivity contribution in [1.82, 2.24) is 5.32 Å². The summed E-state index contributed by atoms with van der Waals surface area (Å²) in [6.07, 6.45) is 0. The third-order valence-electron chi connectivity index (χ3n) is 4.08. The monoisotopic (exact) mass is 398 g/mol. The van der Waals surface area contributed by atoms with E-state index >= 15 is 0 Å². The number of hydrogen-bond acceptors (Lipinski definition) is 5. The predicted molar refractivity (Wildman–Crippen MR) is 113 cm³/mol. The summed E-state index contributed by atoms with van der Waals surface area (Å²) >= 11 is 0. The van der Waals surface area contributed by atoms with E-state index in [0.717, 1.165) is 5.56 Å². The molecule has 0 bridgehead atoms. The van der Waals surface area contributed by atoms with Crippen LogP contribution in [0.1, 0.15) is 43.6 Å². The van der Waals surface area contributed by atoms with Crippen molar-refractivity contribution in [3.05, 3.63) is 63.7 Å². The van der Waals surface area contributed by atoms with Gasteiger partial charge in [0.2, 0.25) is 5.91 Å². The van der Waals surface area contributed by atoms with Gasteiger partial charge in [-0.2, -0.15) is 0 Å². The molecule has 0 aliphatic heterocycles. The zero-order valence-electron chi connectivity index (χ0n) is 17.0. The van der Waals surface area contributed by atoms with Crippen LogP contribution in [0.4, 0.5) is 17.1 Å². The SMILES string of the molecule is CC(C)NC(=O)c1ccc(NCc2cccc(NC(=O)C(C)C)c2)c([N+](=O)[O-])c1. The normalized spacial score (nSPS) is 10.7. The lowest BCUT2D eigenvalue weighted by molar-refractivity contribution is -0.384. The van der Waals surface area contributed by atoms with Gasteiger partial charge in [-0.1, -0.05) is 26.0 Å². The smallest absolute Gasteiger partial charge is 0.293 e. The second-order valence-electron chi connectivity index (χ2n) is 7.32. The van der Waals surface area contributed by atoms with Crippen LogP contribution in [0.2, 0.25) is 0 Å². The zero-order valence-corrected chi connectivity index (χ0v) is 17.0. The van der Waals surface area contributed by atoms with E-state index in [2.05, 4.69) is 16.0 Å². The van der Waals surface area contributed by atoms with E-state index in [0.29, 0.717) is 17.9 Å². The van der Waals surface area contributed by atoms with E-state index in [9.17, 15) is 19.7 Å². The Balaban J connectivity index is 2.15. The summed E-state index contributed by atoms with van der Waals surface area (Å²) in [4.78, 5) is 34.9. The number of nitrogens with zero attached hydrogens (tertiary/aromatic N) is 1. The maximum Gasteiger partial charge on any atom is 0.293 e. The summed E-state index contributed by atoms with van der Waals surface area (Å²) in [6.45, 7) is 7.58. The lowest BCUT2D eigenvalue weighted by atomic mass is 10.1. The molecule has 0 fully saturated rings. The first-order valence-electron chi connectivity index (χ1n) is 9.40. The van der Waals surface area contributed by atoms with Gasteiger partial charge >= 0.3 is 0 Å². The molecule has 8 heteroatoms. The Labute approximate surface area is 169 Å². The minimum atomic E-state index is -0.520. The summed E-state index contributed by atoms with van der Waals surface area (Å²) in [5, 5.41) is 20.0. The van der Waals surface area contributed by atoms with Gasteiger partial charge in [0.25, 0.3) is 11.6 Å². The summed E-state index contributed by atoms with van der Waals surface area (Å²) < 4.78 is 0. The van der Waals surface area contributed by atoms with Gasteiger partial charge in [0.05, 0.1) is 4.92 Å². The molecule has 0 saturated carbocycles. The molecule has 0 spiro atoms. The van der Waals surface area contributed by atoms with Crippen molar-refractivity contribution in [3.63, 3.8) is 0 Å². The highest BCUT2D eigenvalue weighted by Crippen LogP contribution is 2.26. The van der Waals surface area contributed by atoms with Crippen LogP contribution in [0.3, 0.4) is 0 Å². The fourth-order valence-corrected chi connectivity index (χ4v) is 2.56. The average Bonchev–Trinajstić information content (AvgIpc) is 2.65. The zero-order chi connectivity index (χ0) is 21.6. The van der Waals surface area contributed by atoms with Crippen molar-refractivity contribution < 1.29 is 14.5 Å². The van der Waals surface area contributed by atoms with Crippen LogP contribution in [-0.2, 0) is 11.3 Å². The van der Waals surface area contributed by atoms with Crippen LogP contribution in [0.5, 0.6) is 0 Å². The Morgan fingerprint density at radius 1 is 1.07 bits per heavy atom. The third-order valence-corrected chi connectivity index (χ3v) is 4.08. The number of nitrogens with one attached hydrogen (secondary N) is 3. The van der Waals surface area contributed by atoms with E-state index in [-0.39, 0.29) is 35.0 Å². The van der Waals surface area contributed by atoms with Gasteiger partial charge in [-0.15, -0.1) is 0 Å². The topological polar surface area (TPSA) is 113 Å². The van der Waals surface area contributed by atoms with E-state index < -0.39 is 4.92 Å². The van der Waals surface area contributed by atoms with Crippen molar-refractivity contribution in [3.8, 4) is 0 Å². The lowest BCUT2D eigenvalue weighted by Gasteiger charge is -2.12. The molecule has 0 saturated heterocycles. The molecule has 0 radical (unpaired) electrons. The van der Waals surface area contributed by atoms with Crippen molar-refractivity contribution in [2.75, 3.05) is 10.6 Å². The second-order valence-corrected chi connectivity index (χ2v) is 7.32. The van der Waals surface area contributed by atoms with Crippen molar-refractivity contribution >= 4 is 28.9 Å². The van der Waals surface area contributed by atoms with Crippen molar-refractivity contribution in [1.29, 1.82) is 0 Å². The third kappa shape index (κ3) is 6.31. The first-order chi connectivity index (χ1) is 13.7. The standard InChI is InChI=1S/C21H26N4O4/c1-13(2)20(26)24-17-7-5-6-15(10-17)12-22-18-9-8-16(11-19(18)25(28)29)21(27)23-14(3)4/h5-11,13-14,22H,12H2,1-4H3,(H,23,27)(H,24,26). The van der Waals surface area contributed by atoms with Crippen LogP contribution in [0.15, 0.2) is 42.5 Å². The first kappa shape index (κ1) is 21.9. The Hall–Kier alpha value is -3.42. The number of amides is 2. The molecule has 0 atom stereocenters. The quantitative estimate of drug-likeness (QED) is 0.460. The summed E-state index contributed by atoms with van der Waals surface area (Å²) in [5.41, 5.74) is 1.88. The number of nitro benzene ring substituents is 1. The Morgan fingerprint density at radius 2 is 1.79 bits per heavy atom. The van der Waals surface area contributed by atoms with Gasteiger partial charge in [0, 0.05) is 35.8 Å². The number of hydrogen-bond donors (Lipinski definition) is 3. The maximum atomic E-state index is 12.1. The number of rotatable bonds is 8. The number of carbonyl (C=O) groups excluding carboxylic acids is 2. The van der Waals surface area contributed by atoms with Crippen LogP contribution in [0, 0.1) is 16.0 Å². The highest BCUT2D eigenvalue weighted by atomic mass is 16.6. The molecule has 2 rings (SSSR count). The minimum Gasteiger partial charge on any atom is -0.375 e. The molecule has 154 valence electrons. The molecule has 0 aliphatic carbocycles. The maximum absolute atomic E-state index is 12.1. The molecule has 0 aromatic heterocycles. The molecular weight excluding hydrogens is 372 g/mol. The average molecular weight is 398 g/mol. The molecule has 0 heterocycles. The molecule has 0 aliphatic rings. The lowest BCUT2D eigenvalue weighted by Crippen LogP contribution is -2.30. The van der Waals surface area contributed by atoms with Crippen molar-refractivity contribution in [2.24, 2.45) is 5.92 Å². The van der Waals surface area contributed by atoms with Crippen LogP contribution < -0.4 is 16.0 Å². The van der Waals surface area contributed by atoms with Crippen LogP contribution in [0.25, 0.3) is 0 Å². The number of nitro groups is 1. The predicted octanol–water partition coefficient (Wildman–Crippen LogP) is 3.94. The van der Waals surface area contributed by atoms with Gasteiger partial charge < -0.3 is 16.0 Å². The van der Waals surface area contributed by atoms with Crippen LogP contribution in [-0.4, -0.2) is 22.8 Å². The van der Waals surface area contributed by atoms with E-state index in [1.165, 1.54) is 12.1 Å². The molecule has 2 amide bonds. The second kappa shape index (κ2) is 9.68. The number of benzene rings is 2. The van der Waals surface area contributed by atoms with E-state index in [1.54, 1.807) is 18.2 Å². The Morgan fingerprint density at radius 3 is 2.41 bits per heavy atom. The van der Waals surface area contributed by atoms with Crippen LogP contribution >= 0.6 is 0 Å². The van der Waals surface area contributed by atoms with Gasteiger partial charge in [-0.05, 0) is 43.7 Å². The van der Waals surface area contributed by atoms with Gasteiger partial charge in [-0.3, -0.25) is 19.7 Å². The van der Waals surface area contributed by atoms with Gasteiger partial charge in [0.1, 0.15) is 5.69 Å². The van der Waals surface area contributed by atoms with Gasteiger partial charge in [-0.25, -0.2) is 0 Å². The fraction of sp³-hybridized carbons (Fsp3) is 0.333. The molecule has 0 unspecified atom stereocenters. The highest BCUT2D eigenvalue weighted by molar-refractivity contribution is 5.96. The molecule has 29 heavy (non-hydrogen) atoms. The molecular formula is C21H26N4O4. The summed E-state index contributed by atoms with van der Waals surface area (Å²) in [7, 11) is 0. The van der Waals surface area contributed by atoms with Gasteiger partial charge in [0.15, 0.2) is 0 Å². The largest absolute Gasteiger partial charge is 0.375 e. The number of carbonyl (C=O) groups is 2. The van der Waals surface area contributed by atoms with Crippen molar-refractivity contribution in [2.45, 2.75) is 40.3 Å².